The largest absolute Gasteiger partial charge is 0.390 e. The van der Waals surface area contributed by atoms with Gasteiger partial charge < -0.3 is 10.0 Å². The van der Waals surface area contributed by atoms with Gasteiger partial charge in [0.05, 0.1) is 11.9 Å². The molecule has 0 spiro atoms. The molecule has 1 rings (SSSR count). The predicted molar refractivity (Wildman–Crippen MR) is 91.9 cm³/mol. The van der Waals surface area contributed by atoms with Crippen LogP contribution in [-0.4, -0.2) is 79.7 Å². The molecule has 0 aromatic carbocycles. The zero-order chi connectivity index (χ0) is 17.0. The molecule has 1 heterocycles. The molecule has 0 aliphatic carbocycles. The summed E-state index contributed by atoms with van der Waals surface area (Å²) in [4.78, 5) is 4.40. The van der Waals surface area contributed by atoms with Crippen LogP contribution < -0.4 is 0 Å². The minimum absolute atomic E-state index is 0.137. The van der Waals surface area contributed by atoms with Crippen LogP contribution in [0.15, 0.2) is 0 Å². The molecule has 1 fully saturated rings. The van der Waals surface area contributed by atoms with Gasteiger partial charge in [0, 0.05) is 31.4 Å². The highest BCUT2D eigenvalue weighted by atomic mass is 32.2. The van der Waals surface area contributed by atoms with E-state index in [2.05, 4.69) is 37.5 Å². The zero-order valence-electron chi connectivity index (χ0n) is 14.9. The number of sulfone groups is 1. The van der Waals surface area contributed by atoms with Crippen LogP contribution in [0.25, 0.3) is 0 Å². The maximum absolute atomic E-state index is 11.4. The monoisotopic (exact) mass is 334 g/mol. The lowest BCUT2D eigenvalue weighted by Gasteiger charge is -2.38. The van der Waals surface area contributed by atoms with Gasteiger partial charge >= 0.3 is 0 Å². The van der Waals surface area contributed by atoms with Crippen molar-refractivity contribution in [2.45, 2.75) is 52.2 Å². The summed E-state index contributed by atoms with van der Waals surface area (Å²) in [6, 6.07) is 0. The van der Waals surface area contributed by atoms with Crippen molar-refractivity contribution in [3.63, 3.8) is 0 Å². The van der Waals surface area contributed by atoms with E-state index in [9.17, 15) is 13.5 Å². The molecular weight excluding hydrogens is 300 g/mol. The van der Waals surface area contributed by atoms with Crippen LogP contribution in [0.1, 0.15) is 40.5 Å². The van der Waals surface area contributed by atoms with Crippen LogP contribution in [-0.2, 0) is 9.84 Å². The van der Waals surface area contributed by atoms with Crippen LogP contribution in [0.3, 0.4) is 0 Å². The molecule has 1 saturated heterocycles. The first-order valence-electron chi connectivity index (χ1n) is 8.30. The van der Waals surface area contributed by atoms with Gasteiger partial charge in [-0.3, -0.25) is 4.90 Å². The van der Waals surface area contributed by atoms with E-state index in [0.29, 0.717) is 19.6 Å². The zero-order valence-corrected chi connectivity index (χ0v) is 15.7. The van der Waals surface area contributed by atoms with Gasteiger partial charge in [-0.05, 0) is 52.6 Å². The highest BCUT2D eigenvalue weighted by Crippen LogP contribution is 2.17. The van der Waals surface area contributed by atoms with E-state index in [1.165, 1.54) is 19.1 Å². The summed E-state index contributed by atoms with van der Waals surface area (Å²) in [6.07, 6.45) is 3.22. The molecule has 0 bridgehead atoms. The summed E-state index contributed by atoms with van der Waals surface area (Å²) in [5.74, 6) is 0.923. The van der Waals surface area contributed by atoms with Crippen molar-refractivity contribution < 1.29 is 13.5 Å². The number of aliphatic hydroxyl groups excluding tert-OH is 1. The Morgan fingerprint density at radius 1 is 1.27 bits per heavy atom. The lowest BCUT2D eigenvalue weighted by atomic mass is 9.99. The molecule has 1 N–H and O–H groups in total. The maximum Gasteiger partial charge on any atom is 0.148 e. The van der Waals surface area contributed by atoms with E-state index >= 15 is 0 Å². The molecule has 0 radical (unpaired) electrons. The molecule has 1 aliphatic rings. The summed E-state index contributed by atoms with van der Waals surface area (Å²) in [5.41, 5.74) is -0.151. The van der Waals surface area contributed by atoms with Crippen molar-refractivity contribution >= 4 is 9.84 Å². The number of hydrogen-bond donors (Lipinski definition) is 1. The third-order valence-electron chi connectivity index (χ3n) is 4.46. The average molecular weight is 335 g/mol. The highest BCUT2D eigenvalue weighted by molar-refractivity contribution is 7.90. The van der Waals surface area contributed by atoms with Gasteiger partial charge in [0.15, 0.2) is 0 Å². The number of rotatable bonds is 7. The Morgan fingerprint density at radius 2 is 1.82 bits per heavy atom. The van der Waals surface area contributed by atoms with Crippen LogP contribution in [0, 0.1) is 5.92 Å². The second-order valence-electron chi connectivity index (χ2n) is 7.88. The van der Waals surface area contributed by atoms with Gasteiger partial charge in [0.1, 0.15) is 9.84 Å². The van der Waals surface area contributed by atoms with Gasteiger partial charge in [0.25, 0.3) is 0 Å². The number of β-amino-alcohol motifs (C(OH)–C–C–N with tert-alkyl or cyclic N) is 1. The molecule has 6 heteroatoms. The predicted octanol–water partition coefficient (Wildman–Crippen LogP) is 1.22. The number of nitrogens with zero attached hydrogens (tertiary/aromatic N) is 2. The second kappa shape index (κ2) is 8.08. The summed E-state index contributed by atoms with van der Waals surface area (Å²) in [5, 5.41) is 10.4. The van der Waals surface area contributed by atoms with Crippen molar-refractivity contribution in [3.8, 4) is 0 Å². The minimum atomic E-state index is -2.98. The molecule has 132 valence electrons. The summed E-state index contributed by atoms with van der Waals surface area (Å²) in [7, 11) is -2.98. The third-order valence-corrected chi connectivity index (χ3v) is 5.38. The van der Waals surface area contributed by atoms with Crippen LogP contribution >= 0.6 is 0 Å². The first-order chi connectivity index (χ1) is 9.97. The third kappa shape index (κ3) is 7.90. The van der Waals surface area contributed by atoms with Crippen molar-refractivity contribution in [2.75, 3.05) is 44.7 Å². The molecule has 1 unspecified atom stereocenters. The Balaban J connectivity index is 2.50. The Kier molecular flexibility index (Phi) is 7.30. The number of piperidine rings is 1. The van der Waals surface area contributed by atoms with Crippen molar-refractivity contribution in [3.05, 3.63) is 0 Å². The van der Waals surface area contributed by atoms with Gasteiger partial charge in [-0.2, -0.15) is 0 Å². The molecule has 0 aromatic rings. The summed E-state index contributed by atoms with van der Waals surface area (Å²) >= 11 is 0. The standard InChI is InChI=1S/C16H34N2O3S/c1-14-6-8-17(9-7-14)12-15(19)13-18(16(2,3)4)10-11-22(5,20)21/h14-15,19H,6-13H2,1-5H3. The van der Waals surface area contributed by atoms with E-state index in [4.69, 9.17) is 0 Å². The smallest absolute Gasteiger partial charge is 0.148 e. The maximum atomic E-state index is 11.4. The quantitative estimate of drug-likeness (QED) is 0.759. The van der Waals surface area contributed by atoms with Crippen molar-refractivity contribution in [1.82, 2.24) is 9.80 Å². The fourth-order valence-corrected chi connectivity index (χ4v) is 3.38. The van der Waals surface area contributed by atoms with E-state index in [0.717, 1.165) is 19.0 Å². The molecule has 1 aliphatic heterocycles. The Labute approximate surface area is 136 Å². The fraction of sp³-hybridized carbons (Fsp3) is 1.00. The molecule has 0 amide bonds. The molecule has 5 nitrogen and oxygen atoms in total. The Morgan fingerprint density at radius 3 is 2.27 bits per heavy atom. The van der Waals surface area contributed by atoms with E-state index < -0.39 is 15.9 Å². The lowest BCUT2D eigenvalue weighted by Crippen LogP contribution is -2.50. The topological polar surface area (TPSA) is 60.9 Å². The first-order valence-corrected chi connectivity index (χ1v) is 10.4. The lowest BCUT2D eigenvalue weighted by molar-refractivity contribution is 0.0338. The van der Waals surface area contributed by atoms with Crippen molar-refractivity contribution in [1.29, 1.82) is 0 Å². The molecule has 22 heavy (non-hydrogen) atoms. The van der Waals surface area contributed by atoms with Gasteiger partial charge in [-0.1, -0.05) is 6.92 Å². The van der Waals surface area contributed by atoms with E-state index in [1.54, 1.807) is 0 Å². The number of hydrogen-bond acceptors (Lipinski definition) is 5. The van der Waals surface area contributed by atoms with E-state index in [-0.39, 0.29) is 11.3 Å². The van der Waals surface area contributed by atoms with Gasteiger partial charge in [-0.25, -0.2) is 8.42 Å². The fourth-order valence-electron chi connectivity index (χ4n) is 2.83. The summed E-state index contributed by atoms with van der Waals surface area (Å²) < 4.78 is 22.8. The molecule has 1 atom stereocenters. The minimum Gasteiger partial charge on any atom is -0.390 e. The van der Waals surface area contributed by atoms with Gasteiger partial charge in [0.2, 0.25) is 0 Å². The molecule has 0 saturated carbocycles. The first kappa shape index (κ1) is 19.9. The van der Waals surface area contributed by atoms with Gasteiger partial charge in [-0.15, -0.1) is 0 Å². The second-order valence-corrected chi connectivity index (χ2v) is 10.1. The summed E-state index contributed by atoms with van der Waals surface area (Å²) in [6.45, 7) is 12.2. The van der Waals surface area contributed by atoms with Crippen LogP contribution in [0.4, 0.5) is 0 Å². The van der Waals surface area contributed by atoms with Crippen molar-refractivity contribution in [2.24, 2.45) is 5.92 Å². The Bertz CT molecular complexity index is 423. The highest BCUT2D eigenvalue weighted by Gasteiger charge is 2.26. The normalized spacial score (nSPS) is 20.5. The van der Waals surface area contributed by atoms with Crippen LogP contribution in [0.2, 0.25) is 0 Å². The average Bonchev–Trinajstić information content (AvgIpc) is 2.35. The number of aliphatic hydroxyl groups is 1. The molecule has 0 aromatic heterocycles. The number of likely N-dealkylation sites (tertiary alicyclic amines) is 1. The Hall–Kier alpha value is -0.170. The van der Waals surface area contributed by atoms with Crippen LogP contribution in [0.5, 0.6) is 0 Å². The van der Waals surface area contributed by atoms with E-state index in [1.807, 2.05) is 0 Å². The SMILES string of the molecule is CC1CCN(CC(O)CN(CCS(C)(=O)=O)C(C)(C)C)CC1. The molecular formula is C16H34N2O3S.